The Hall–Kier alpha value is -1.90. The average Bonchev–Trinajstić information content (AvgIpc) is 2.70. The molecule has 1 saturated carbocycles. The van der Waals surface area contributed by atoms with Gasteiger partial charge in [-0.2, -0.15) is 13.2 Å². The van der Waals surface area contributed by atoms with Gasteiger partial charge in [-0.3, -0.25) is 4.79 Å². The van der Waals surface area contributed by atoms with Crippen molar-refractivity contribution in [2.45, 2.75) is 49.7 Å². The van der Waals surface area contributed by atoms with Crippen molar-refractivity contribution in [3.8, 4) is 0 Å². The average molecular weight is 482 g/mol. The minimum atomic E-state index is -4.78. The first-order valence-corrected chi connectivity index (χ1v) is 10.2. The molecule has 3 nitrogen and oxygen atoms in total. The molecule has 31 heavy (non-hydrogen) atoms. The van der Waals surface area contributed by atoms with Gasteiger partial charge < -0.3 is 10.4 Å². The fraction of sp³-hybridized carbons (Fsp3) is 0.381. The van der Waals surface area contributed by atoms with Crippen molar-refractivity contribution in [3.63, 3.8) is 0 Å². The van der Waals surface area contributed by atoms with E-state index in [4.69, 9.17) is 23.2 Å². The molecule has 2 aromatic carbocycles. The summed E-state index contributed by atoms with van der Waals surface area (Å²) in [6.45, 7) is 0. The number of carbonyl (C=O) groups excluding carboxylic acids is 1. The molecule has 1 atom stereocenters. The van der Waals surface area contributed by atoms with Gasteiger partial charge in [0.25, 0.3) is 5.91 Å². The van der Waals surface area contributed by atoms with E-state index in [2.05, 4.69) is 5.32 Å². The number of benzene rings is 2. The van der Waals surface area contributed by atoms with Gasteiger partial charge in [0.15, 0.2) is 0 Å². The lowest BCUT2D eigenvalue weighted by Crippen LogP contribution is -2.48. The molecular weight excluding hydrogens is 464 g/mol. The van der Waals surface area contributed by atoms with E-state index in [0.717, 1.165) is 24.3 Å². The van der Waals surface area contributed by atoms with Crippen molar-refractivity contribution >= 4 is 29.1 Å². The standard InChI is InChI=1S/C21H18Cl2F5NO2/c22-16-13(4-1-5-14(16)21(26,27)28)19(30)29-18(12-3-2-6-15(25)17(12)23)20(31)9-7-11(24)8-10-20/h1-6,11,18,31H,7-10H2,(H,29,30)/t11-,18?,20+. The highest BCUT2D eigenvalue weighted by molar-refractivity contribution is 6.34. The molecule has 0 bridgehead atoms. The Kier molecular flexibility index (Phi) is 6.84. The van der Waals surface area contributed by atoms with Crippen molar-refractivity contribution in [2.75, 3.05) is 0 Å². The number of hydrogen-bond donors (Lipinski definition) is 2. The summed E-state index contributed by atoms with van der Waals surface area (Å²) in [6.07, 6.45) is -6.06. The summed E-state index contributed by atoms with van der Waals surface area (Å²) >= 11 is 11.9. The topological polar surface area (TPSA) is 49.3 Å². The molecule has 0 heterocycles. The van der Waals surface area contributed by atoms with Crippen LogP contribution in [0.4, 0.5) is 22.0 Å². The minimum absolute atomic E-state index is 0.000119. The second kappa shape index (κ2) is 8.92. The molecule has 10 heteroatoms. The predicted molar refractivity (Wildman–Crippen MR) is 106 cm³/mol. The SMILES string of the molecule is O=C(NC(c1cccc(F)c1Cl)[C@]1(O)CC[C@@H](F)CC1)c1cccc(C(F)(F)F)c1Cl. The Balaban J connectivity index is 2.02. The third-order valence-corrected chi connectivity index (χ3v) is 6.24. The second-order valence-electron chi connectivity index (χ2n) is 7.49. The van der Waals surface area contributed by atoms with Crippen LogP contribution in [0.25, 0.3) is 0 Å². The Morgan fingerprint density at radius 3 is 2.32 bits per heavy atom. The molecule has 2 N–H and O–H groups in total. The van der Waals surface area contributed by atoms with Crippen molar-refractivity contribution < 1.29 is 31.9 Å². The third kappa shape index (κ3) is 4.96. The zero-order valence-corrected chi connectivity index (χ0v) is 17.5. The van der Waals surface area contributed by atoms with E-state index < -0.39 is 51.9 Å². The van der Waals surface area contributed by atoms with E-state index in [1.54, 1.807) is 0 Å². The molecule has 0 spiro atoms. The monoisotopic (exact) mass is 481 g/mol. The fourth-order valence-electron chi connectivity index (χ4n) is 3.75. The summed E-state index contributed by atoms with van der Waals surface area (Å²) in [7, 11) is 0. The van der Waals surface area contributed by atoms with Crippen molar-refractivity contribution in [3.05, 3.63) is 69.0 Å². The number of alkyl halides is 4. The Labute approximate surface area is 185 Å². The number of carbonyl (C=O) groups is 1. The van der Waals surface area contributed by atoms with E-state index in [1.165, 1.54) is 12.1 Å². The lowest BCUT2D eigenvalue weighted by Gasteiger charge is -2.41. The molecule has 0 saturated heterocycles. The highest BCUT2D eigenvalue weighted by Gasteiger charge is 2.43. The molecule has 1 fully saturated rings. The molecule has 2 aromatic rings. The first kappa shape index (κ1) is 23.8. The van der Waals surface area contributed by atoms with E-state index in [-0.39, 0.29) is 36.3 Å². The lowest BCUT2D eigenvalue weighted by atomic mass is 9.76. The van der Waals surface area contributed by atoms with Crippen LogP contribution in [0.3, 0.4) is 0 Å². The maximum absolute atomic E-state index is 14.1. The van der Waals surface area contributed by atoms with E-state index in [1.807, 2.05) is 0 Å². The normalized spacial score (nSPS) is 22.8. The zero-order chi connectivity index (χ0) is 23.0. The maximum Gasteiger partial charge on any atom is 0.417 e. The summed E-state index contributed by atoms with van der Waals surface area (Å²) in [5.41, 5.74) is -3.34. The number of hydrogen-bond acceptors (Lipinski definition) is 2. The van der Waals surface area contributed by atoms with Crippen LogP contribution in [0.5, 0.6) is 0 Å². The number of aliphatic hydroxyl groups is 1. The Bertz CT molecular complexity index is 975. The van der Waals surface area contributed by atoms with Gasteiger partial charge in [0.1, 0.15) is 12.0 Å². The largest absolute Gasteiger partial charge is 0.417 e. The van der Waals surface area contributed by atoms with Gasteiger partial charge in [-0.25, -0.2) is 8.78 Å². The summed E-state index contributed by atoms with van der Waals surface area (Å²) in [5, 5.41) is 12.5. The van der Waals surface area contributed by atoms with Crippen LogP contribution in [0.15, 0.2) is 36.4 Å². The van der Waals surface area contributed by atoms with Crippen LogP contribution in [-0.4, -0.2) is 22.8 Å². The number of rotatable bonds is 4. The molecule has 1 amide bonds. The van der Waals surface area contributed by atoms with E-state index in [9.17, 15) is 31.9 Å². The van der Waals surface area contributed by atoms with Crippen LogP contribution in [0.1, 0.15) is 53.2 Å². The lowest BCUT2D eigenvalue weighted by molar-refractivity contribution is -0.137. The number of nitrogens with one attached hydrogen (secondary N) is 1. The zero-order valence-electron chi connectivity index (χ0n) is 15.9. The highest BCUT2D eigenvalue weighted by atomic mass is 35.5. The molecular formula is C21H18Cl2F5NO2. The fourth-order valence-corrected chi connectivity index (χ4v) is 4.31. The third-order valence-electron chi connectivity index (χ3n) is 5.43. The van der Waals surface area contributed by atoms with Crippen molar-refractivity contribution in [1.29, 1.82) is 0 Å². The van der Waals surface area contributed by atoms with Crippen molar-refractivity contribution in [1.82, 2.24) is 5.32 Å². The number of halogens is 7. The van der Waals surface area contributed by atoms with Gasteiger partial charge in [-0.15, -0.1) is 0 Å². The summed E-state index contributed by atoms with van der Waals surface area (Å²) in [5.74, 6) is -1.82. The van der Waals surface area contributed by atoms with E-state index in [0.29, 0.717) is 0 Å². The maximum atomic E-state index is 14.1. The molecule has 1 unspecified atom stereocenters. The quantitative estimate of drug-likeness (QED) is 0.505. The van der Waals surface area contributed by atoms with Crippen LogP contribution in [0, 0.1) is 5.82 Å². The molecule has 0 aliphatic heterocycles. The first-order chi connectivity index (χ1) is 14.4. The van der Waals surface area contributed by atoms with Gasteiger partial charge in [0, 0.05) is 0 Å². The van der Waals surface area contributed by atoms with E-state index >= 15 is 0 Å². The van der Waals surface area contributed by atoms with Gasteiger partial charge in [-0.05, 0) is 49.4 Å². The van der Waals surface area contributed by atoms with Crippen LogP contribution in [-0.2, 0) is 6.18 Å². The minimum Gasteiger partial charge on any atom is -0.387 e. The summed E-state index contributed by atoms with van der Waals surface area (Å²) < 4.78 is 67.2. The first-order valence-electron chi connectivity index (χ1n) is 9.41. The summed E-state index contributed by atoms with van der Waals surface area (Å²) in [4.78, 5) is 12.9. The molecule has 1 aliphatic carbocycles. The van der Waals surface area contributed by atoms with Crippen LogP contribution in [0.2, 0.25) is 10.0 Å². The van der Waals surface area contributed by atoms with Gasteiger partial charge in [0.05, 0.1) is 32.8 Å². The highest BCUT2D eigenvalue weighted by Crippen LogP contribution is 2.42. The number of amides is 1. The molecule has 3 rings (SSSR count). The Morgan fingerprint density at radius 1 is 1.10 bits per heavy atom. The van der Waals surface area contributed by atoms with Gasteiger partial charge in [-0.1, -0.05) is 41.4 Å². The molecule has 168 valence electrons. The van der Waals surface area contributed by atoms with Gasteiger partial charge in [0.2, 0.25) is 0 Å². The molecule has 1 aliphatic rings. The molecule has 0 radical (unpaired) electrons. The second-order valence-corrected chi connectivity index (χ2v) is 8.25. The Morgan fingerprint density at radius 2 is 1.71 bits per heavy atom. The van der Waals surface area contributed by atoms with Crippen LogP contribution < -0.4 is 5.32 Å². The van der Waals surface area contributed by atoms with Crippen LogP contribution >= 0.6 is 23.2 Å². The van der Waals surface area contributed by atoms with Crippen molar-refractivity contribution in [2.24, 2.45) is 0 Å². The van der Waals surface area contributed by atoms with Gasteiger partial charge >= 0.3 is 6.18 Å². The predicted octanol–water partition coefficient (Wildman–Crippen LogP) is 6.27. The smallest absolute Gasteiger partial charge is 0.387 e. The molecule has 0 aromatic heterocycles. The summed E-state index contributed by atoms with van der Waals surface area (Å²) in [6, 6.07) is 5.32.